The Morgan fingerprint density at radius 2 is 1.69 bits per heavy atom. The van der Waals surface area contributed by atoms with Crippen LogP contribution in [0, 0.1) is 0 Å². The molecule has 1 amide bonds. The van der Waals surface area contributed by atoms with E-state index in [2.05, 4.69) is 5.32 Å². The Hall–Kier alpha value is -2.78. The van der Waals surface area contributed by atoms with E-state index in [4.69, 9.17) is 14.2 Å². The van der Waals surface area contributed by atoms with Crippen LogP contribution in [-0.2, 0) is 14.8 Å². The lowest BCUT2D eigenvalue weighted by Crippen LogP contribution is -2.30. The van der Waals surface area contributed by atoms with E-state index in [0.29, 0.717) is 49.2 Å². The average Bonchev–Trinajstić information content (AvgIpc) is 2.73. The van der Waals surface area contributed by atoms with Gasteiger partial charge in [-0.3, -0.25) is 4.79 Å². The summed E-state index contributed by atoms with van der Waals surface area (Å²) in [4.78, 5) is 12.3. The fourth-order valence-electron chi connectivity index (χ4n) is 2.88. The molecule has 0 aliphatic carbocycles. The van der Waals surface area contributed by atoms with Crippen molar-refractivity contribution in [2.45, 2.75) is 18.7 Å². The molecule has 1 heterocycles. The molecular formula is C20H24N2O6S. The van der Waals surface area contributed by atoms with Gasteiger partial charge in [0.05, 0.1) is 4.90 Å². The maximum Gasteiger partial charge on any atom is 0.262 e. The van der Waals surface area contributed by atoms with E-state index in [-0.39, 0.29) is 17.4 Å². The molecule has 0 aromatic heterocycles. The third-order valence-corrected chi connectivity index (χ3v) is 6.43. The Morgan fingerprint density at radius 3 is 2.34 bits per heavy atom. The molecule has 0 saturated carbocycles. The Morgan fingerprint density at radius 1 is 1.03 bits per heavy atom. The van der Waals surface area contributed by atoms with Gasteiger partial charge in [-0.25, -0.2) is 8.42 Å². The third-order valence-electron chi connectivity index (χ3n) is 4.36. The zero-order valence-corrected chi connectivity index (χ0v) is 17.2. The van der Waals surface area contributed by atoms with Gasteiger partial charge in [-0.05, 0) is 36.4 Å². The van der Waals surface area contributed by atoms with Crippen molar-refractivity contribution in [1.82, 2.24) is 4.31 Å². The molecule has 0 fully saturated rings. The maximum absolute atomic E-state index is 12.5. The zero-order valence-electron chi connectivity index (χ0n) is 16.4. The van der Waals surface area contributed by atoms with E-state index in [0.717, 1.165) is 0 Å². The number of sulfonamides is 1. The SMILES string of the molecule is CCN(CC)S(=O)(=O)c1ccc(NC(=O)COc2ccc3c(c2)OCCO3)cc1. The number of benzene rings is 2. The number of rotatable bonds is 8. The molecule has 0 bridgehead atoms. The van der Waals surface area contributed by atoms with Gasteiger partial charge in [0.1, 0.15) is 19.0 Å². The monoisotopic (exact) mass is 420 g/mol. The number of carbonyl (C=O) groups is 1. The highest BCUT2D eigenvalue weighted by molar-refractivity contribution is 7.89. The Bertz CT molecular complexity index is 955. The molecule has 9 heteroatoms. The molecule has 0 radical (unpaired) electrons. The minimum absolute atomic E-state index is 0.187. The van der Waals surface area contributed by atoms with Crippen LogP contribution in [0.3, 0.4) is 0 Å². The molecule has 3 rings (SSSR count). The molecule has 0 atom stereocenters. The number of carbonyl (C=O) groups excluding carboxylic acids is 1. The normalized spacial score (nSPS) is 13.2. The second-order valence-corrected chi connectivity index (χ2v) is 8.19. The van der Waals surface area contributed by atoms with Gasteiger partial charge in [-0.1, -0.05) is 13.8 Å². The van der Waals surface area contributed by atoms with Gasteiger partial charge in [0.2, 0.25) is 10.0 Å². The van der Waals surface area contributed by atoms with E-state index < -0.39 is 10.0 Å². The first-order valence-corrected chi connectivity index (χ1v) is 10.8. The summed E-state index contributed by atoms with van der Waals surface area (Å²) in [5, 5.41) is 2.68. The summed E-state index contributed by atoms with van der Waals surface area (Å²) in [5.74, 6) is 1.36. The van der Waals surface area contributed by atoms with Crippen LogP contribution in [0.1, 0.15) is 13.8 Å². The van der Waals surface area contributed by atoms with Crippen molar-refractivity contribution < 1.29 is 27.4 Å². The Balaban J connectivity index is 1.57. The summed E-state index contributed by atoms with van der Waals surface area (Å²) in [6.07, 6.45) is 0. The maximum atomic E-state index is 12.5. The number of fused-ring (bicyclic) bond motifs is 1. The number of ether oxygens (including phenoxy) is 3. The van der Waals surface area contributed by atoms with Crippen LogP contribution in [0.2, 0.25) is 0 Å². The molecule has 1 aliphatic rings. The van der Waals surface area contributed by atoms with Crippen LogP contribution in [0.4, 0.5) is 5.69 Å². The lowest BCUT2D eigenvalue weighted by molar-refractivity contribution is -0.118. The van der Waals surface area contributed by atoms with Crippen molar-refractivity contribution in [2.24, 2.45) is 0 Å². The van der Waals surface area contributed by atoms with Crippen LogP contribution in [0.15, 0.2) is 47.4 Å². The second kappa shape index (κ2) is 9.15. The van der Waals surface area contributed by atoms with Crippen molar-refractivity contribution in [3.05, 3.63) is 42.5 Å². The quantitative estimate of drug-likeness (QED) is 0.705. The van der Waals surface area contributed by atoms with Crippen molar-refractivity contribution >= 4 is 21.6 Å². The minimum atomic E-state index is -3.53. The van der Waals surface area contributed by atoms with Crippen LogP contribution in [-0.4, -0.2) is 51.5 Å². The number of nitrogens with zero attached hydrogens (tertiary/aromatic N) is 1. The van der Waals surface area contributed by atoms with E-state index in [1.807, 2.05) is 0 Å². The fourth-order valence-corrected chi connectivity index (χ4v) is 4.34. The highest BCUT2D eigenvalue weighted by atomic mass is 32.2. The van der Waals surface area contributed by atoms with E-state index in [1.165, 1.54) is 16.4 Å². The zero-order chi connectivity index (χ0) is 20.9. The van der Waals surface area contributed by atoms with Gasteiger partial charge in [-0.15, -0.1) is 0 Å². The Kier molecular flexibility index (Phi) is 6.60. The second-order valence-electron chi connectivity index (χ2n) is 6.26. The first-order chi connectivity index (χ1) is 13.9. The number of hydrogen-bond donors (Lipinski definition) is 1. The van der Waals surface area contributed by atoms with E-state index in [9.17, 15) is 13.2 Å². The van der Waals surface area contributed by atoms with Gasteiger partial charge >= 0.3 is 0 Å². The molecular weight excluding hydrogens is 396 g/mol. The van der Waals surface area contributed by atoms with Gasteiger partial charge < -0.3 is 19.5 Å². The third kappa shape index (κ3) is 4.99. The summed E-state index contributed by atoms with van der Waals surface area (Å²) in [6, 6.07) is 11.2. The van der Waals surface area contributed by atoms with Gasteiger partial charge in [0, 0.05) is 24.8 Å². The number of nitrogens with one attached hydrogen (secondary N) is 1. The molecule has 1 aliphatic heterocycles. The number of hydrogen-bond acceptors (Lipinski definition) is 6. The molecule has 0 spiro atoms. The topological polar surface area (TPSA) is 94.2 Å². The predicted molar refractivity (Wildman–Crippen MR) is 108 cm³/mol. The Labute approximate surface area is 170 Å². The van der Waals surface area contributed by atoms with Crippen molar-refractivity contribution in [1.29, 1.82) is 0 Å². The standard InChI is InChI=1S/C20H24N2O6S/c1-3-22(4-2)29(24,25)17-8-5-15(6-9-17)21-20(23)14-28-16-7-10-18-19(13-16)27-12-11-26-18/h5-10,13H,3-4,11-12,14H2,1-2H3,(H,21,23). The summed E-state index contributed by atoms with van der Waals surface area (Å²) in [5.41, 5.74) is 0.485. The molecule has 1 N–H and O–H groups in total. The molecule has 2 aromatic carbocycles. The molecule has 0 saturated heterocycles. The highest BCUT2D eigenvalue weighted by Crippen LogP contribution is 2.33. The predicted octanol–water partition coefficient (Wildman–Crippen LogP) is 2.51. The average molecular weight is 420 g/mol. The van der Waals surface area contributed by atoms with Crippen molar-refractivity contribution in [3.63, 3.8) is 0 Å². The van der Waals surface area contributed by atoms with Crippen LogP contribution in [0.25, 0.3) is 0 Å². The van der Waals surface area contributed by atoms with Crippen molar-refractivity contribution in [2.75, 3.05) is 38.2 Å². The lowest BCUT2D eigenvalue weighted by Gasteiger charge is -2.19. The summed E-state index contributed by atoms with van der Waals surface area (Å²) < 4.78 is 42.8. The molecule has 8 nitrogen and oxygen atoms in total. The summed E-state index contributed by atoms with van der Waals surface area (Å²) in [6.45, 7) is 5.15. The lowest BCUT2D eigenvalue weighted by atomic mass is 10.3. The summed E-state index contributed by atoms with van der Waals surface area (Å²) >= 11 is 0. The van der Waals surface area contributed by atoms with Crippen LogP contribution < -0.4 is 19.5 Å². The number of anilines is 1. The summed E-state index contributed by atoms with van der Waals surface area (Å²) in [7, 11) is -3.53. The fraction of sp³-hybridized carbons (Fsp3) is 0.350. The molecule has 0 unspecified atom stereocenters. The molecule has 29 heavy (non-hydrogen) atoms. The first kappa shape index (κ1) is 20.9. The van der Waals surface area contributed by atoms with E-state index in [1.54, 1.807) is 44.2 Å². The number of amides is 1. The highest BCUT2D eigenvalue weighted by Gasteiger charge is 2.21. The van der Waals surface area contributed by atoms with Gasteiger partial charge in [-0.2, -0.15) is 4.31 Å². The molecule has 2 aromatic rings. The van der Waals surface area contributed by atoms with Crippen LogP contribution in [0.5, 0.6) is 17.2 Å². The van der Waals surface area contributed by atoms with E-state index >= 15 is 0 Å². The van der Waals surface area contributed by atoms with Crippen molar-refractivity contribution in [3.8, 4) is 17.2 Å². The van der Waals surface area contributed by atoms with Gasteiger partial charge in [0.15, 0.2) is 18.1 Å². The largest absolute Gasteiger partial charge is 0.486 e. The smallest absolute Gasteiger partial charge is 0.262 e. The van der Waals surface area contributed by atoms with Gasteiger partial charge in [0.25, 0.3) is 5.91 Å². The first-order valence-electron chi connectivity index (χ1n) is 9.36. The van der Waals surface area contributed by atoms with Crippen LogP contribution >= 0.6 is 0 Å². The molecule has 156 valence electrons. The minimum Gasteiger partial charge on any atom is -0.486 e.